The topological polar surface area (TPSA) is 115 Å². The van der Waals surface area contributed by atoms with Crippen LogP contribution in [0.15, 0.2) is 9.32 Å². The first kappa shape index (κ1) is 23.0. The minimum Gasteiger partial charge on any atom is -0.374 e. The van der Waals surface area contributed by atoms with Crippen LogP contribution in [0.3, 0.4) is 0 Å². The zero-order valence-electron chi connectivity index (χ0n) is 20.6. The van der Waals surface area contributed by atoms with Crippen molar-refractivity contribution in [3.05, 3.63) is 16.2 Å². The van der Waals surface area contributed by atoms with Gasteiger partial charge in [-0.2, -0.15) is 4.98 Å². The number of nitrogens with one attached hydrogen (secondary N) is 1. The Hall–Kier alpha value is -2.75. The summed E-state index contributed by atoms with van der Waals surface area (Å²) in [6.45, 7) is 10.4. The predicted octanol–water partition coefficient (Wildman–Crippen LogP) is 4.01. The molecule has 3 aromatic heterocycles. The molecule has 5 rings (SSSR count). The van der Waals surface area contributed by atoms with E-state index in [2.05, 4.69) is 49.9 Å². The molecule has 0 radical (unpaired) electrons. The smallest absolute Gasteiger partial charge is 0.374 e. The van der Waals surface area contributed by atoms with E-state index < -0.39 is 5.76 Å². The summed E-state index contributed by atoms with van der Waals surface area (Å²) in [7, 11) is 0. The van der Waals surface area contributed by atoms with E-state index in [4.69, 9.17) is 14.7 Å². The molecule has 10 nitrogen and oxygen atoms in total. The maximum Gasteiger partial charge on any atom is 0.439 e. The summed E-state index contributed by atoms with van der Waals surface area (Å²) in [6.07, 6.45) is 8.35. The summed E-state index contributed by atoms with van der Waals surface area (Å²) in [6, 6.07) is 0.600. The van der Waals surface area contributed by atoms with Gasteiger partial charge in [0, 0.05) is 12.6 Å². The number of hydrogen-bond donors (Lipinski definition) is 1. The number of aromatic amines is 1. The van der Waals surface area contributed by atoms with Gasteiger partial charge < -0.3 is 14.2 Å². The van der Waals surface area contributed by atoms with Crippen LogP contribution in [0.25, 0.3) is 22.8 Å². The van der Waals surface area contributed by atoms with Crippen LogP contribution >= 0.6 is 0 Å². The number of rotatable bonds is 8. The molecule has 0 bridgehead atoms. The Morgan fingerprint density at radius 2 is 2.03 bits per heavy atom. The highest BCUT2D eigenvalue weighted by molar-refractivity contribution is 5.79. The molecule has 184 valence electrons. The molecule has 0 amide bonds. The zero-order chi connectivity index (χ0) is 23.8. The number of morpholine rings is 1. The molecule has 10 heteroatoms. The van der Waals surface area contributed by atoms with E-state index in [1.54, 1.807) is 0 Å². The second kappa shape index (κ2) is 9.48. The van der Waals surface area contributed by atoms with Gasteiger partial charge in [0.05, 0.1) is 24.4 Å². The molecule has 3 aromatic rings. The fourth-order valence-corrected chi connectivity index (χ4v) is 5.48. The van der Waals surface area contributed by atoms with Gasteiger partial charge in [0.25, 0.3) is 0 Å². The molecule has 1 saturated heterocycles. The summed E-state index contributed by atoms with van der Waals surface area (Å²) in [5, 5.41) is 3.77. The quantitative estimate of drug-likeness (QED) is 0.526. The van der Waals surface area contributed by atoms with E-state index in [-0.39, 0.29) is 18.0 Å². The van der Waals surface area contributed by atoms with Crippen molar-refractivity contribution in [1.82, 2.24) is 29.7 Å². The monoisotopic (exact) mass is 469 g/mol. The third-order valence-electron chi connectivity index (χ3n) is 7.55. The fourth-order valence-electron chi connectivity index (χ4n) is 5.48. The lowest BCUT2D eigenvalue weighted by atomic mass is 10.00. The average molecular weight is 470 g/mol. The van der Waals surface area contributed by atoms with Crippen molar-refractivity contribution in [2.75, 3.05) is 18.1 Å². The highest BCUT2D eigenvalue weighted by Gasteiger charge is 2.39. The van der Waals surface area contributed by atoms with Crippen molar-refractivity contribution < 1.29 is 9.26 Å². The first-order valence-corrected chi connectivity index (χ1v) is 12.7. The van der Waals surface area contributed by atoms with Crippen LogP contribution in [0.5, 0.6) is 0 Å². The minimum atomic E-state index is -0.627. The second-order valence-corrected chi connectivity index (χ2v) is 9.92. The SMILES string of the molecule is CC[C@H](C)CCCC(C)n1c(N2CCOC3CCCC32)nc2nc(-c3noc(=O)[nH]3)nc(C)c21. The lowest BCUT2D eigenvalue weighted by molar-refractivity contribution is 0.0246. The van der Waals surface area contributed by atoms with Gasteiger partial charge in [-0.1, -0.05) is 38.3 Å². The Morgan fingerprint density at radius 3 is 2.79 bits per heavy atom. The molecule has 4 heterocycles. The van der Waals surface area contributed by atoms with Gasteiger partial charge >= 0.3 is 5.76 Å². The van der Waals surface area contributed by atoms with Crippen molar-refractivity contribution in [1.29, 1.82) is 0 Å². The second-order valence-electron chi connectivity index (χ2n) is 9.92. The Morgan fingerprint density at radius 1 is 1.18 bits per heavy atom. The summed E-state index contributed by atoms with van der Waals surface area (Å²) >= 11 is 0. The van der Waals surface area contributed by atoms with Crippen molar-refractivity contribution >= 4 is 17.1 Å². The number of aromatic nitrogens is 6. The summed E-state index contributed by atoms with van der Waals surface area (Å²) in [5.74, 6) is 1.60. The van der Waals surface area contributed by atoms with Crippen LogP contribution in [0.1, 0.15) is 77.5 Å². The standard InChI is InChI=1S/C24H35N7O3/c1-5-14(2)8-6-9-15(3)31-19-16(4)25-21(22-28-24(32)34-29-22)26-20(19)27-23(31)30-12-13-33-18-11-7-10-17(18)30/h14-15,17-18H,5-13H2,1-4H3,(H,28,29,32)/t14-,15?,17?,18?/m0/s1. The van der Waals surface area contributed by atoms with Crippen molar-refractivity contribution in [3.63, 3.8) is 0 Å². The number of imidazole rings is 1. The number of hydrogen-bond acceptors (Lipinski definition) is 8. The van der Waals surface area contributed by atoms with Crippen LogP contribution in [0, 0.1) is 12.8 Å². The Labute approximate surface area is 199 Å². The van der Waals surface area contributed by atoms with Crippen molar-refractivity contribution in [2.45, 2.75) is 90.8 Å². The molecular formula is C24H35N7O3. The van der Waals surface area contributed by atoms with Gasteiger partial charge in [0.2, 0.25) is 17.6 Å². The number of anilines is 1. The maximum atomic E-state index is 11.5. The van der Waals surface area contributed by atoms with Gasteiger partial charge in [0.1, 0.15) is 5.52 Å². The summed E-state index contributed by atoms with van der Waals surface area (Å²) in [5.41, 5.74) is 2.38. The molecule has 1 aliphatic heterocycles. The van der Waals surface area contributed by atoms with Crippen LogP contribution in [0.4, 0.5) is 5.95 Å². The van der Waals surface area contributed by atoms with E-state index in [1.165, 1.54) is 25.7 Å². The first-order chi connectivity index (χ1) is 16.5. The molecule has 1 N–H and O–H groups in total. The van der Waals surface area contributed by atoms with E-state index in [9.17, 15) is 4.79 Å². The predicted molar refractivity (Wildman–Crippen MR) is 129 cm³/mol. The number of H-pyrrole nitrogens is 1. The Kier molecular flexibility index (Phi) is 6.42. The molecule has 4 atom stereocenters. The van der Waals surface area contributed by atoms with Crippen LogP contribution in [-0.2, 0) is 4.74 Å². The van der Waals surface area contributed by atoms with Gasteiger partial charge in [-0.3, -0.25) is 9.51 Å². The molecule has 1 saturated carbocycles. The third-order valence-corrected chi connectivity index (χ3v) is 7.55. The number of nitrogens with zero attached hydrogens (tertiary/aromatic N) is 6. The van der Waals surface area contributed by atoms with E-state index in [0.29, 0.717) is 24.1 Å². The maximum absolute atomic E-state index is 11.5. The molecule has 34 heavy (non-hydrogen) atoms. The Bertz CT molecular complexity index is 1200. The molecule has 2 aliphatic rings. The van der Waals surface area contributed by atoms with Crippen LogP contribution in [-0.4, -0.2) is 55.0 Å². The molecule has 0 spiro atoms. The van der Waals surface area contributed by atoms with Gasteiger partial charge in [-0.15, -0.1) is 0 Å². The highest BCUT2D eigenvalue weighted by Crippen LogP contribution is 2.37. The van der Waals surface area contributed by atoms with Gasteiger partial charge in [0.15, 0.2) is 5.65 Å². The average Bonchev–Trinajstić information content (AvgIpc) is 3.56. The van der Waals surface area contributed by atoms with E-state index >= 15 is 0 Å². The first-order valence-electron chi connectivity index (χ1n) is 12.7. The lowest BCUT2D eigenvalue weighted by Crippen LogP contribution is -2.49. The lowest BCUT2D eigenvalue weighted by Gasteiger charge is -2.39. The highest BCUT2D eigenvalue weighted by atomic mass is 16.5. The minimum absolute atomic E-state index is 0.218. The van der Waals surface area contributed by atoms with Crippen molar-refractivity contribution in [3.8, 4) is 11.6 Å². The third kappa shape index (κ3) is 4.23. The van der Waals surface area contributed by atoms with Gasteiger partial charge in [-0.05, 0) is 45.4 Å². The largest absolute Gasteiger partial charge is 0.439 e. The molecule has 2 fully saturated rings. The van der Waals surface area contributed by atoms with Gasteiger partial charge in [-0.25, -0.2) is 14.8 Å². The zero-order valence-corrected chi connectivity index (χ0v) is 20.6. The van der Waals surface area contributed by atoms with Crippen molar-refractivity contribution in [2.24, 2.45) is 5.92 Å². The Balaban J connectivity index is 1.57. The molecule has 3 unspecified atom stereocenters. The number of ether oxygens (including phenoxy) is 1. The van der Waals surface area contributed by atoms with Crippen LogP contribution in [0.2, 0.25) is 0 Å². The molecule has 1 aliphatic carbocycles. The normalized spacial score (nSPS) is 22.3. The molecule has 0 aromatic carbocycles. The fraction of sp³-hybridized carbons (Fsp3) is 0.708. The van der Waals surface area contributed by atoms with E-state index in [0.717, 1.165) is 48.9 Å². The van der Waals surface area contributed by atoms with E-state index in [1.807, 2.05) is 6.92 Å². The summed E-state index contributed by atoms with van der Waals surface area (Å²) < 4.78 is 13.1. The number of fused-ring (bicyclic) bond motifs is 2. The molecular weight excluding hydrogens is 434 g/mol. The number of aryl methyl sites for hydroxylation is 1. The van der Waals surface area contributed by atoms with Crippen LogP contribution < -0.4 is 10.7 Å². The summed E-state index contributed by atoms with van der Waals surface area (Å²) in [4.78, 5) is 30.9.